The Labute approximate surface area is 201 Å². The van der Waals surface area contributed by atoms with Crippen LogP contribution in [0, 0.1) is 5.82 Å². The number of halogens is 3. The summed E-state index contributed by atoms with van der Waals surface area (Å²) in [5.74, 6) is 1.17. The van der Waals surface area contributed by atoms with Gasteiger partial charge in [-0.1, -0.05) is 35.3 Å². The fourth-order valence-corrected chi connectivity index (χ4v) is 4.36. The van der Waals surface area contributed by atoms with Crippen LogP contribution < -0.4 is 10.2 Å². The summed E-state index contributed by atoms with van der Waals surface area (Å²) in [6, 6.07) is 19.6. The molecule has 1 aliphatic rings. The first-order chi connectivity index (χ1) is 16.0. The van der Waals surface area contributed by atoms with Crippen molar-refractivity contribution in [3.63, 3.8) is 0 Å². The molecule has 5 rings (SSSR count). The molecule has 0 unspecified atom stereocenters. The number of aromatic nitrogens is 2. The number of fused-ring (bicyclic) bond motifs is 1. The molecule has 33 heavy (non-hydrogen) atoms. The van der Waals surface area contributed by atoms with Crippen molar-refractivity contribution in [2.24, 2.45) is 0 Å². The van der Waals surface area contributed by atoms with Gasteiger partial charge >= 0.3 is 0 Å². The van der Waals surface area contributed by atoms with E-state index in [9.17, 15) is 4.39 Å². The zero-order valence-electron chi connectivity index (χ0n) is 17.8. The van der Waals surface area contributed by atoms with E-state index in [1.54, 1.807) is 18.2 Å². The summed E-state index contributed by atoms with van der Waals surface area (Å²) < 4.78 is 13.4. The van der Waals surface area contributed by atoms with Gasteiger partial charge in [0.1, 0.15) is 5.82 Å². The number of anilines is 3. The third kappa shape index (κ3) is 5.03. The Morgan fingerprint density at radius 3 is 2.27 bits per heavy atom. The first-order valence-electron chi connectivity index (χ1n) is 10.8. The van der Waals surface area contributed by atoms with Crippen LogP contribution in [0.2, 0.25) is 10.0 Å². The third-order valence-corrected chi connectivity index (χ3v) is 6.34. The molecule has 3 aromatic carbocycles. The molecule has 0 radical (unpaired) electrons. The van der Waals surface area contributed by atoms with E-state index >= 15 is 0 Å². The quantitative estimate of drug-likeness (QED) is 0.370. The average Bonchev–Trinajstić information content (AvgIpc) is 2.83. The number of hydrogen-bond donors (Lipinski definition) is 1. The minimum atomic E-state index is -0.277. The summed E-state index contributed by atoms with van der Waals surface area (Å²) in [6.07, 6.45) is 0. The summed E-state index contributed by atoms with van der Waals surface area (Å²) in [7, 11) is 0. The van der Waals surface area contributed by atoms with Gasteiger partial charge in [-0.15, -0.1) is 0 Å². The molecule has 1 saturated heterocycles. The van der Waals surface area contributed by atoms with E-state index in [-0.39, 0.29) is 5.82 Å². The van der Waals surface area contributed by atoms with Crippen LogP contribution in [0.1, 0.15) is 5.56 Å². The average molecular weight is 482 g/mol. The number of nitrogens with zero attached hydrogens (tertiary/aromatic N) is 4. The number of piperazine rings is 1. The van der Waals surface area contributed by atoms with Gasteiger partial charge in [0.15, 0.2) is 11.6 Å². The molecule has 0 saturated carbocycles. The van der Waals surface area contributed by atoms with Crippen LogP contribution in [0.25, 0.3) is 11.0 Å². The molecule has 1 fully saturated rings. The molecular weight excluding hydrogens is 460 g/mol. The SMILES string of the molecule is Fc1ccc(Nc2nc3ccccc3nc2N2CCN(Cc3cc(Cl)ccc3Cl)CC2)cc1. The molecule has 1 N–H and O–H groups in total. The predicted octanol–water partition coefficient (Wildman–Crippen LogP) is 6.14. The van der Waals surface area contributed by atoms with Crippen LogP contribution in [0.4, 0.5) is 21.7 Å². The summed E-state index contributed by atoms with van der Waals surface area (Å²) in [5.41, 5.74) is 3.43. The first kappa shape index (κ1) is 21.9. The maximum Gasteiger partial charge on any atom is 0.174 e. The smallest absolute Gasteiger partial charge is 0.174 e. The second-order valence-electron chi connectivity index (χ2n) is 8.02. The highest BCUT2D eigenvalue weighted by Gasteiger charge is 2.22. The fourth-order valence-electron chi connectivity index (χ4n) is 3.99. The Kier molecular flexibility index (Phi) is 6.31. The van der Waals surface area contributed by atoms with Crippen LogP contribution in [-0.2, 0) is 6.54 Å². The van der Waals surface area contributed by atoms with Gasteiger partial charge in [-0.25, -0.2) is 14.4 Å². The van der Waals surface area contributed by atoms with E-state index in [1.807, 2.05) is 36.4 Å². The lowest BCUT2D eigenvalue weighted by Gasteiger charge is -2.36. The second-order valence-corrected chi connectivity index (χ2v) is 8.86. The first-order valence-corrected chi connectivity index (χ1v) is 11.5. The lowest BCUT2D eigenvalue weighted by Crippen LogP contribution is -2.46. The van der Waals surface area contributed by atoms with Gasteiger partial charge in [0, 0.05) is 48.5 Å². The molecule has 1 aromatic heterocycles. The van der Waals surface area contributed by atoms with Crippen molar-refractivity contribution in [1.29, 1.82) is 0 Å². The van der Waals surface area contributed by atoms with Gasteiger partial charge in [0.05, 0.1) is 11.0 Å². The van der Waals surface area contributed by atoms with Gasteiger partial charge in [-0.05, 0) is 60.2 Å². The largest absolute Gasteiger partial charge is 0.351 e. The molecule has 5 nitrogen and oxygen atoms in total. The molecule has 8 heteroatoms. The van der Waals surface area contributed by atoms with Crippen LogP contribution in [0.5, 0.6) is 0 Å². The van der Waals surface area contributed by atoms with Gasteiger partial charge < -0.3 is 10.2 Å². The number of nitrogens with one attached hydrogen (secondary N) is 1. The van der Waals surface area contributed by atoms with Crippen LogP contribution >= 0.6 is 23.2 Å². The maximum absolute atomic E-state index is 13.4. The van der Waals surface area contributed by atoms with Crippen molar-refractivity contribution in [3.8, 4) is 0 Å². The second kappa shape index (κ2) is 9.51. The number of para-hydroxylation sites is 2. The summed E-state index contributed by atoms with van der Waals surface area (Å²) in [6.45, 7) is 4.05. The van der Waals surface area contributed by atoms with E-state index in [1.165, 1.54) is 12.1 Å². The topological polar surface area (TPSA) is 44.3 Å². The molecule has 168 valence electrons. The van der Waals surface area contributed by atoms with Crippen molar-refractivity contribution in [3.05, 3.63) is 88.2 Å². The number of rotatable bonds is 5. The minimum absolute atomic E-state index is 0.277. The van der Waals surface area contributed by atoms with Crippen LogP contribution in [0.3, 0.4) is 0 Å². The maximum atomic E-state index is 13.4. The van der Waals surface area contributed by atoms with E-state index in [0.717, 1.165) is 65.8 Å². The van der Waals surface area contributed by atoms with Gasteiger partial charge in [0.25, 0.3) is 0 Å². The van der Waals surface area contributed by atoms with Crippen molar-refractivity contribution < 1.29 is 4.39 Å². The van der Waals surface area contributed by atoms with Gasteiger partial charge in [-0.3, -0.25) is 4.90 Å². The predicted molar refractivity (Wildman–Crippen MR) is 133 cm³/mol. The summed E-state index contributed by atoms with van der Waals surface area (Å²) in [5, 5.41) is 4.75. The monoisotopic (exact) mass is 481 g/mol. The van der Waals surface area contributed by atoms with E-state index in [2.05, 4.69) is 15.1 Å². The zero-order valence-corrected chi connectivity index (χ0v) is 19.3. The Hall–Kier alpha value is -2.93. The molecule has 0 spiro atoms. The van der Waals surface area contributed by atoms with Crippen LogP contribution in [0.15, 0.2) is 66.7 Å². The molecule has 1 aliphatic heterocycles. The van der Waals surface area contributed by atoms with Gasteiger partial charge in [0.2, 0.25) is 0 Å². The number of hydrogen-bond acceptors (Lipinski definition) is 5. The van der Waals surface area contributed by atoms with Gasteiger partial charge in [-0.2, -0.15) is 0 Å². The fraction of sp³-hybridized carbons (Fsp3) is 0.200. The van der Waals surface area contributed by atoms with E-state index in [4.69, 9.17) is 33.2 Å². The normalized spacial score (nSPS) is 14.6. The third-order valence-electron chi connectivity index (χ3n) is 5.73. The minimum Gasteiger partial charge on any atom is -0.351 e. The van der Waals surface area contributed by atoms with E-state index < -0.39 is 0 Å². The molecule has 4 aromatic rings. The Morgan fingerprint density at radius 1 is 0.848 bits per heavy atom. The summed E-state index contributed by atoms with van der Waals surface area (Å²) in [4.78, 5) is 14.3. The lowest BCUT2D eigenvalue weighted by molar-refractivity contribution is 0.249. The zero-order chi connectivity index (χ0) is 22.8. The van der Waals surface area contributed by atoms with Crippen LogP contribution in [-0.4, -0.2) is 41.0 Å². The molecule has 0 amide bonds. The van der Waals surface area contributed by atoms with E-state index in [0.29, 0.717) is 10.8 Å². The Balaban J connectivity index is 1.37. The highest BCUT2D eigenvalue weighted by atomic mass is 35.5. The molecule has 0 atom stereocenters. The standard InChI is InChI=1S/C25H22Cl2FN5/c26-18-5-10-21(27)17(15-18)16-32-11-13-33(14-12-32)25-24(29-20-8-6-19(28)7-9-20)30-22-3-1-2-4-23(22)31-25/h1-10,15H,11-14,16H2,(H,29,30). The van der Waals surface area contributed by atoms with Crippen molar-refractivity contribution in [2.45, 2.75) is 6.54 Å². The number of benzene rings is 3. The van der Waals surface area contributed by atoms with Crippen molar-refractivity contribution in [1.82, 2.24) is 14.9 Å². The highest BCUT2D eigenvalue weighted by Crippen LogP contribution is 2.29. The molecule has 0 aliphatic carbocycles. The lowest BCUT2D eigenvalue weighted by atomic mass is 10.2. The highest BCUT2D eigenvalue weighted by molar-refractivity contribution is 6.33. The van der Waals surface area contributed by atoms with Crippen molar-refractivity contribution in [2.75, 3.05) is 36.4 Å². The Bertz CT molecular complexity index is 1270. The Morgan fingerprint density at radius 2 is 1.55 bits per heavy atom. The summed E-state index contributed by atoms with van der Waals surface area (Å²) >= 11 is 12.5. The molecule has 2 heterocycles. The molecular formula is C25H22Cl2FN5. The van der Waals surface area contributed by atoms with Crippen molar-refractivity contribution >= 4 is 51.6 Å². The molecule has 0 bridgehead atoms.